The first-order valence-corrected chi connectivity index (χ1v) is 8.86. The summed E-state index contributed by atoms with van der Waals surface area (Å²) in [7, 11) is 0. The van der Waals surface area contributed by atoms with Gasteiger partial charge in [0, 0.05) is 12.2 Å². The van der Waals surface area contributed by atoms with E-state index in [0.29, 0.717) is 23.5 Å². The number of pyridine rings is 1. The molecule has 6 nitrogen and oxygen atoms in total. The van der Waals surface area contributed by atoms with Crippen molar-refractivity contribution in [2.75, 3.05) is 5.32 Å². The number of nitrogens with zero attached hydrogens (tertiary/aromatic N) is 1. The lowest BCUT2D eigenvalue weighted by molar-refractivity contribution is 0.102. The second kappa shape index (κ2) is 7.79. The number of urea groups is 1. The third-order valence-corrected chi connectivity index (χ3v) is 4.67. The van der Waals surface area contributed by atoms with Crippen LogP contribution in [0.5, 0.6) is 0 Å². The monoisotopic (exact) mass is 366 g/mol. The predicted molar refractivity (Wildman–Crippen MR) is 103 cm³/mol. The molecule has 0 radical (unpaired) electrons. The maximum atomic E-state index is 12.5. The van der Waals surface area contributed by atoms with Gasteiger partial charge in [-0.15, -0.1) is 11.3 Å². The minimum absolute atomic E-state index is 0.212. The molecule has 0 atom stereocenters. The summed E-state index contributed by atoms with van der Waals surface area (Å²) in [6.45, 7) is 2.17. The third-order valence-electron chi connectivity index (χ3n) is 3.78. The average molecular weight is 366 g/mol. The van der Waals surface area contributed by atoms with E-state index >= 15 is 0 Å². The minimum atomic E-state index is -0.573. The molecular formula is C19H18N4O2S. The molecule has 0 fully saturated rings. The molecule has 132 valence electrons. The van der Waals surface area contributed by atoms with Gasteiger partial charge in [0.1, 0.15) is 0 Å². The number of rotatable bonds is 5. The van der Waals surface area contributed by atoms with Crippen molar-refractivity contribution in [2.45, 2.75) is 13.5 Å². The molecule has 0 aliphatic carbocycles. The van der Waals surface area contributed by atoms with Gasteiger partial charge >= 0.3 is 6.03 Å². The van der Waals surface area contributed by atoms with Crippen LogP contribution < -0.4 is 16.4 Å². The summed E-state index contributed by atoms with van der Waals surface area (Å²) in [6.07, 6.45) is 0. The highest BCUT2D eigenvalue weighted by molar-refractivity contribution is 7.13. The van der Waals surface area contributed by atoms with Crippen LogP contribution in [0.15, 0.2) is 53.9 Å². The number of aryl methyl sites for hydroxylation is 1. The van der Waals surface area contributed by atoms with E-state index in [2.05, 4.69) is 15.6 Å². The van der Waals surface area contributed by atoms with Gasteiger partial charge in [0.15, 0.2) is 0 Å². The Kier molecular flexibility index (Phi) is 5.28. The van der Waals surface area contributed by atoms with Gasteiger partial charge in [0.2, 0.25) is 0 Å². The number of thiophene rings is 1. The van der Waals surface area contributed by atoms with Gasteiger partial charge in [-0.2, -0.15) is 0 Å². The molecule has 4 N–H and O–H groups in total. The summed E-state index contributed by atoms with van der Waals surface area (Å²) in [5, 5.41) is 7.37. The summed E-state index contributed by atoms with van der Waals surface area (Å²) in [5.74, 6) is -0.212. The van der Waals surface area contributed by atoms with Crippen molar-refractivity contribution in [1.82, 2.24) is 10.3 Å². The molecule has 3 amide bonds. The van der Waals surface area contributed by atoms with Gasteiger partial charge in [-0.25, -0.2) is 4.79 Å². The van der Waals surface area contributed by atoms with E-state index in [1.165, 1.54) is 0 Å². The molecule has 0 spiro atoms. The number of nitrogens with two attached hydrogens (primary N) is 1. The summed E-state index contributed by atoms with van der Waals surface area (Å²) < 4.78 is 0. The molecule has 26 heavy (non-hydrogen) atoms. The second-order valence-electron chi connectivity index (χ2n) is 5.68. The summed E-state index contributed by atoms with van der Waals surface area (Å²) >= 11 is 1.61. The summed E-state index contributed by atoms with van der Waals surface area (Å²) in [4.78, 5) is 28.8. The molecule has 2 aromatic heterocycles. The normalized spacial score (nSPS) is 10.3. The number of amides is 3. The van der Waals surface area contributed by atoms with E-state index in [1.54, 1.807) is 29.5 Å². The van der Waals surface area contributed by atoms with Gasteiger partial charge in [-0.3, -0.25) is 9.78 Å². The van der Waals surface area contributed by atoms with Crippen LogP contribution in [0.1, 0.15) is 21.6 Å². The standard InChI is InChI=1S/C19H18N4O2S/c1-12-15(8-9-16(22-12)17-3-2-10-26-17)18(24)23-14-6-4-13(5-7-14)11-21-19(20)25/h2-10H,11H2,1H3,(H,23,24)(H3,20,21,25). The number of carbonyl (C=O) groups excluding carboxylic acids is 2. The molecule has 2 heterocycles. The molecule has 3 aromatic rings. The van der Waals surface area contributed by atoms with Gasteiger partial charge < -0.3 is 16.4 Å². The summed E-state index contributed by atoms with van der Waals surface area (Å²) in [5.41, 5.74) is 8.67. The minimum Gasteiger partial charge on any atom is -0.352 e. The van der Waals surface area contributed by atoms with Crippen LogP contribution in [-0.4, -0.2) is 16.9 Å². The average Bonchev–Trinajstić information content (AvgIpc) is 3.15. The van der Waals surface area contributed by atoms with Crippen LogP contribution in [0.25, 0.3) is 10.6 Å². The molecule has 7 heteroatoms. The smallest absolute Gasteiger partial charge is 0.312 e. The number of hydrogen-bond donors (Lipinski definition) is 3. The maximum absolute atomic E-state index is 12.5. The lowest BCUT2D eigenvalue weighted by atomic mass is 10.1. The Bertz CT molecular complexity index is 921. The zero-order valence-electron chi connectivity index (χ0n) is 14.2. The number of hydrogen-bond acceptors (Lipinski definition) is 4. The number of benzene rings is 1. The van der Waals surface area contributed by atoms with Crippen LogP contribution in [0, 0.1) is 6.92 Å². The lowest BCUT2D eigenvalue weighted by Crippen LogP contribution is -2.28. The van der Waals surface area contributed by atoms with Crippen LogP contribution in [0.2, 0.25) is 0 Å². The van der Waals surface area contributed by atoms with Crippen molar-refractivity contribution in [3.63, 3.8) is 0 Å². The van der Waals surface area contributed by atoms with Crippen molar-refractivity contribution in [3.05, 3.63) is 70.7 Å². The highest BCUT2D eigenvalue weighted by Gasteiger charge is 2.12. The third kappa shape index (κ3) is 4.25. The topological polar surface area (TPSA) is 97.1 Å². The SMILES string of the molecule is Cc1nc(-c2cccs2)ccc1C(=O)Nc1ccc(CNC(N)=O)cc1. The van der Waals surface area contributed by atoms with Crippen molar-refractivity contribution in [3.8, 4) is 10.6 Å². The Labute approximate surface area is 155 Å². The molecular weight excluding hydrogens is 348 g/mol. The number of aromatic nitrogens is 1. The molecule has 1 aromatic carbocycles. The first-order valence-electron chi connectivity index (χ1n) is 7.98. The predicted octanol–water partition coefficient (Wildman–Crippen LogP) is 3.54. The van der Waals surface area contributed by atoms with E-state index in [4.69, 9.17) is 5.73 Å². The van der Waals surface area contributed by atoms with E-state index in [0.717, 1.165) is 16.1 Å². The maximum Gasteiger partial charge on any atom is 0.312 e. The zero-order chi connectivity index (χ0) is 18.5. The number of carbonyl (C=O) groups is 2. The quantitative estimate of drug-likeness (QED) is 0.644. The fraction of sp³-hybridized carbons (Fsp3) is 0.105. The van der Waals surface area contributed by atoms with E-state index in [9.17, 15) is 9.59 Å². The van der Waals surface area contributed by atoms with Crippen molar-refractivity contribution >= 4 is 29.0 Å². The van der Waals surface area contributed by atoms with Gasteiger partial charge in [0.25, 0.3) is 5.91 Å². The van der Waals surface area contributed by atoms with Crippen LogP contribution in [0.3, 0.4) is 0 Å². The van der Waals surface area contributed by atoms with Gasteiger partial charge in [-0.1, -0.05) is 18.2 Å². The van der Waals surface area contributed by atoms with Crippen LogP contribution in [0.4, 0.5) is 10.5 Å². The molecule has 0 aliphatic rings. The van der Waals surface area contributed by atoms with E-state index in [1.807, 2.05) is 42.6 Å². The van der Waals surface area contributed by atoms with Crippen LogP contribution >= 0.6 is 11.3 Å². The largest absolute Gasteiger partial charge is 0.352 e. The fourth-order valence-corrected chi connectivity index (χ4v) is 3.15. The zero-order valence-corrected chi connectivity index (χ0v) is 15.0. The molecule has 0 aliphatic heterocycles. The van der Waals surface area contributed by atoms with E-state index in [-0.39, 0.29) is 5.91 Å². The van der Waals surface area contributed by atoms with Crippen molar-refractivity contribution in [1.29, 1.82) is 0 Å². The molecule has 0 saturated carbocycles. The van der Waals surface area contributed by atoms with Crippen molar-refractivity contribution < 1.29 is 9.59 Å². The highest BCUT2D eigenvalue weighted by Crippen LogP contribution is 2.24. The Morgan fingerprint density at radius 3 is 2.50 bits per heavy atom. The molecule has 3 rings (SSSR count). The number of primary amides is 1. The number of anilines is 1. The molecule has 0 unspecified atom stereocenters. The Morgan fingerprint density at radius 1 is 1.12 bits per heavy atom. The van der Waals surface area contributed by atoms with Gasteiger partial charge in [0.05, 0.1) is 21.8 Å². The van der Waals surface area contributed by atoms with Gasteiger partial charge in [-0.05, 0) is 48.2 Å². The summed E-state index contributed by atoms with van der Waals surface area (Å²) in [6, 6.07) is 14.2. The highest BCUT2D eigenvalue weighted by atomic mass is 32.1. The van der Waals surface area contributed by atoms with E-state index < -0.39 is 6.03 Å². The Morgan fingerprint density at radius 2 is 1.88 bits per heavy atom. The Hall–Kier alpha value is -3.19. The molecule has 0 bridgehead atoms. The van der Waals surface area contributed by atoms with Crippen molar-refractivity contribution in [2.24, 2.45) is 5.73 Å². The first-order chi connectivity index (χ1) is 12.5. The number of nitrogens with one attached hydrogen (secondary N) is 2. The first kappa shape index (κ1) is 17.6. The Balaban J connectivity index is 1.69. The second-order valence-corrected chi connectivity index (χ2v) is 6.62. The molecule has 0 saturated heterocycles. The van der Waals surface area contributed by atoms with Crippen LogP contribution in [-0.2, 0) is 6.54 Å². The fourth-order valence-electron chi connectivity index (χ4n) is 2.46. The lowest BCUT2D eigenvalue weighted by Gasteiger charge is -2.09.